The lowest BCUT2D eigenvalue weighted by Gasteiger charge is -2.20. The van der Waals surface area contributed by atoms with Gasteiger partial charge in [-0.15, -0.1) is 0 Å². The molecule has 1 aromatic carbocycles. The SMILES string of the molecule is Cc1ccc([C@@H]2CN(C(=O)CCC(=O)N(C)C)C[C@H]2NC(=O)C2CC2)cc1. The van der Waals surface area contributed by atoms with Crippen molar-refractivity contribution >= 4 is 17.7 Å². The van der Waals surface area contributed by atoms with Crippen molar-refractivity contribution in [1.29, 1.82) is 0 Å². The Morgan fingerprint density at radius 3 is 2.33 bits per heavy atom. The topological polar surface area (TPSA) is 69.7 Å². The maximum absolute atomic E-state index is 12.6. The highest BCUT2D eigenvalue weighted by molar-refractivity contribution is 5.84. The largest absolute Gasteiger partial charge is 0.351 e. The Balaban J connectivity index is 1.68. The smallest absolute Gasteiger partial charge is 0.223 e. The van der Waals surface area contributed by atoms with Crippen LogP contribution in [0.4, 0.5) is 0 Å². The van der Waals surface area contributed by atoms with Crippen LogP contribution < -0.4 is 5.32 Å². The molecule has 2 aliphatic rings. The number of benzene rings is 1. The monoisotopic (exact) mass is 371 g/mol. The van der Waals surface area contributed by atoms with Crippen molar-refractivity contribution in [1.82, 2.24) is 15.1 Å². The molecule has 2 atom stereocenters. The number of amides is 3. The molecule has 6 heteroatoms. The van der Waals surface area contributed by atoms with E-state index in [-0.39, 0.29) is 48.4 Å². The first-order chi connectivity index (χ1) is 12.8. The third kappa shape index (κ3) is 4.87. The van der Waals surface area contributed by atoms with Crippen LogP contribution >= 0.6 is 0 Å². The summed E-state index contributed by atoms with van der Waals surface area (Å²) < 4.78 is 0. The van der Waals surface area contributed by atoms with Gasteiger partial charge in [-0.1, -0.05) is 29.8 Å². The molecular weight excluding hydrogens is 342 g/mol. The van der Waals surface area contributed by atoms with Crippen LogP contribution in [0.5, 0.6) is 0 Å². The number of likely N-dealkylation sites (tertiary alicyclic amines) is 1. The molecule has 2 fully saturated rings. The van der Waals surface area contributed by atoms with Crippen molar-refractivity contribution in [3.05, 3.63) is 35.4 Å². The van der Waals surface area contributed by atoms with Gasteiger partial charge in [-0.05, 0) is 25.3 Å². The summed E-state index contributed by atoms with van der Waals surface area (Å²) in [6, 6.07) is 8.22. The summed E-state index contributed by atoms with van der Waals surface area (Å²) in [5.74, 6) is 0.267. The number of rotatable bonds is 6. The number of hydrogen-bond acceptors (Lipinski definition) is 3. The predicted octanol–water partition coefficient (Wildman–Crippen LogP) is 1.68. The highest BCUT2D eigenvalue weighted by Gasteiger charge is 2.39. The minimum Gasteiger partial charge on any atom is -0.351 e. The Kier molecular flexibility index (Phi) is 5.82. The number of aryl methyl sites for hydroxylation is 1. The highest BCUT2D eigenvalue weighted by Crippen LogP contribution is 2.32. The van der Waals surface area contributed by atoms with E-state index in [1.54, 1.807) is 19.0 Å². The summed E-state index contributed by atoms with van der Waals surface area (Å²) in [7, 11) is 3.39. The van der Waals surface area contributed by atoms with Gasteiger partial charge in [-0.25, -0.2) is 0 Å². The maximum atomic E-state index is 12.6. The van der Waals surface area contributed by atoms with E-state index in [0.29, 0.717) is 13.1 Å². The molecule has 0 spiro atoms. The van der Waals surface area contributed by atoms with Gasteiger partial charge in [0, 0.05) is 51.9 Å². The van der Waals surface area contributed by atoms with Crippen molar-refractivity contribution in [3.8, 4) is 0 Å². The van der Waals surface area contributed by atoms with Gasteiger partial charge < -0.3 is 15.1 Å². The Hall–Kier alpha value is -2.37. The van der Waals surface area contributed by atoms with Crippen LogP contribution in [0.2, 0.25) is 0 Å². The molecule has 1 heterocycles. The third-order valence-electron chi connectivity index (χ3n) is 5.51. The fraction of sp³-hybridized carbons (Fsp3) is 0.571. The zero-order chi connectivity index (χ0) is 19.6. The molecule has 1 aliphatic heterocycles. The Morgan fingerprint density at radius 1 is 1.07 bits per heavy atom. The molecule has 1 saturated carbocycles. The van der Waals surface area contributed by atoms with Gasteiger partial charge in [0.05, 0.1) is 6.04 Å². The van der Waals surface area contributed by atoms with Gasteiger partial charge in [0.2, 0.25) is 17.7 Å². The van der Waals surface area contributed by atoms with Crippen LogP contribution in [0, 0.1) is 12.8 Å². The molecule has 3 rings (SSSR count). The van der Waals surface area contributed by atoms with Crippen molar-refractivity contribution < 1.29 is 14.4 Å². The average Bonchev–Trinajstić information content (AvgIpc) is 3.41. The predicted molar refractivity (Wildman–Crippen MR) is 103 cm³/mol. The van der Waals surface area contributed by atoms with Crippen molar-refractivity contribution in [2.45, 2.75) is 44.6 Å². The molecule has 1 aromatic rings. The van der Waals surface area contributed by atoms with Crippen molar-refractivity contribution in [3.63, 3.8) is 0 Å². The number of hydrogen-bond donors (Lipinski definition) is 1. The molecule has 1 aliphatic carbocycles. The van der Waals surface area contributed by atoms with E-state index >= 15 is 0 Å². The molecule has 0 radical (unpaired) electrons. The van der Waals surface area contributed by atoms with Crippen molar-refractivity contribution in [2.75, 3.05) is 27.2 Å². The Bertz CT molecular complexity index is 710. The normalized spacial score (nSPS) is 21.8. The van der Waals surface area contributed by atoms with Gasteiger partial charge in [0.25, 0.3) is 0 Å². The van der Waals surface area contributed by atoms with Gasteiger partial charge in [0.15, 0.2) is 0 Å². The average molecular weight is 371 g/mol. The lowest BCUT2D eigenvalue weighted by atomic mass is 9.93. The molecule has 6 nitrogen and oxygen atoms in total. The number of nitrogens with one attached hydrogen (secondary N) is 1. The Morgan fingerprint density at radius 2 is 1.74 bits per heavy atom. The molecule has 3 amide bonds. The highest BCUT2D eigenvalue weighted by atomic mass is 16.2. The molecular formula is C21H29N3O3. The number of nitrogens with zero attached hydrogens (tertiary/aromatic N) is 2. The zero-order valence-electron chi connectivity index (χ0n) is 16.4. The van der Waals surface area contributed by atoms with E-state index in [4.69, 9.17) is 0 Å². The van der Waals surface area contributed by atoms with E-state index in [2.05, 4.69) is 29.6 Å². The van der Waals surface area contributed by atoms with E-state index < -0.39 is 0 Å². The summed E-state index contributed by atoms with van der Waals surface area (Å²) in [5.41, 5.74) is 2.33. The number of carbonyl (C=O) groups is 3. The van der Waals surface area contributed by atoms with Crippen LogP contribution in [0.15, 0.2) is 24.3 Å². The number of carbonyl (C=O) groups excluding carboxylic acids is 3. The Labute approximate surface area is 160 Å². The summed E-state index contributed by atoms with van der Waals surface area (Å²) in [4.78, 5) is 40.0. The lowest BCUT2D eigenvalue weighted by Crippen LogP contribution is -2.41. The van der Waals surface area contributed by atoms with Crippen LogP contribution in [0.1, 0.15) is 42.7 Å². The van der Waals surface area contributed by atoms with E-state index in [1.807, 2.05) is 6.92 Å². The molecule has 146 valence electrons. The lowest BCUT2D eigenvalue weighted by molar-refractivity contribution is -0.135. The molecule has 1 saturated heterocycles. The van der Waals surface area contributed by atoms with E-state index in [1.165, 1.54) is 10.5 Å². The first-order valence-electron chi connectivity index (χ1n) is 9.70. The van der Waals surface area contributed by atoms with E-state index in [9.17, 15) is 14.4 Å². The van der Waals surface area contributed by atoms with Crippen LogP contribution in [-0.2, 0) is 14.4 Å². The van der Waals surface area contributed by atoms with Gasteiger partial charge in [-0.3, -0.25) is 14.4 Å². The molecule has 1 N–H and O–H groups in total. The minimum absolute atomic E-state index is 0.0227. The van der Waals surface area contributed by atoms with Crippen LogP contribution in [-0.4, -0.2) is 60.7 Å². The summed E-state index contributed by atoms with van der Waals surface area (Å²) >= 11 is 0. The summed E-state index contributed by atoms with van der Waals surface area (Å²) in [6.45, 7) is 3.13. The van der Waals surface area contributed by atoms with E-state index in [0.717, 1.165) is 18.4 Å². The first-order valence-corrected chi connectivity index (χ1v) is 9.70. The molecule has 0 bridgehead atoms. The molecule has 0 aromatic heterocycles. The quantitative estimate of drug-likeness (QED) is 0.827. The maximum Gasteiger partial charge on any atom is 0.223 e. The van der Waals surface area contributed by atoms with Gasteiger partial charge in [0.1, 0.15) is 0 Å². The first kappa shape index (κ1) is 19.4. The molecule has 0 unspecified atom stereocenters. The summed E-state index contributed by atoms with van der Waals surface area (Å²) in [5, 5.41) is 3.16. The standard InChI is InChI=1S/C21H29N3O3/c1-14-4-6-15(7-5-14)17-12-24(20(26)11-10-19(25)23(2)3)13-18(17)22-21(27)16-8-9-16/h4-7,16-18H,8-13H2,1-3H3,(H,22,27)/t17-,18+/m0/s1. The van der Waals surface area contributed by atoms with Crippen LogP contribution in [0.25, 0.3) is 0 Å². The fourth-order valence-electron chi connectivity index (χ4n) is 3.55. The molecule has 27 heavy (non-hydrogen) atoms. The summed E-state index contributed by atoms with van der Waals surface area (Å²) in [6.07, 6.45) is 2.35. The van der Waals surface area contributed by atoms with Gasteiger partial charge in [-0.2, -0.15) is 0 Å². The van der Waals surface area contributed by atoms with Gasteiger partial charge >= 0.3 is 0 Å². The zero-order valence-corrected chi connectivity index (χ0v) is 16.4. The van der Waals surface area contributed by atoms with Crippen LogP contribution in [0.3, 0.4) is 0 Å². The second-order valence-corrected chi connectivity index (χ2v) is 7.99. The fourth-order valence-corrected chi connectivity index (χ4v) is 3.55. The second-order valence-electron chi connectivity index (χ2n) is 7.99. The van der Waals surface area contributed by atoms with Crippen molar-refractivity contribution in [2.24, 2.45) is 5.92 Å². The minimum atomic E-state index is -0.0747. The third-order valence-corrected chi connectivity index (χ3v) is 5.51. The second kappa shape index (κ2) is 8.11.